The molecule has 140 valence electrons. The summed E-state index contributed by atoms with van der Waals surface area (Å²) in [6.07, 6.45) is -2.17. The molecule has 0 aromatic heterocycles. The van der Waals surface area contributed by atoms with E-state index in [2.05, 4.69) is 0 Å². The second-order valence-electron chi connectivity index (χ2n) is 5.89. The molecule has 9 heteroatoms. The molecule has 0 saturated carbocycles. The van der Waals surface area contributed by atoms with Crippen molar-refractivity contribution in [3.63, 3.8) is 0 Å². The maximum atomic E-state index is 10.8. The summed E-state index contributed by atoms with van der Waals surface area (Å²) >= 11 is 1.31. The molecule has 0 fully saturated rings. The number of phenols is 5. The number of hydrogen-bond acceptors (Lipinski definition) is 9. The standard InChI is InChI=1S/C17H19NO7S/c18-1-2-26-17-13-9(20)5-8(19)6-12(13)25-16(15(17)24)7-3-10(21)14(23)11(22)4-7/h3-6,15-17,19-24H,1-2,18H2/t15-,16+,17?/m0/s1. The van der Waals surface area contributed by atoms with Gasteiger partial charge >= 0.3 is 0 Å². The molecule has 0 bridgehead atoms. The Morgan fingerprint density at radius 3 is 2.23 bits per heavy atom. The average Bonchev–Trinajstić information content (AvgIpc) is 2.58. The van der Waals surface area contributed by atoms with E-state index < -0.39 is 34.7 Å². The number of phenolic OH excluding ortho intramolecular Hbond substituents is 5. The van der Waals surface area contributed by atoms with E-state index in [4.69, 9.17) is 10.5 Å². The number of aliphatic hydroxyl groups excluding tert-OH is 1. The van der Waals surface area contributed by atoms with Gasteiger partial charge in [0.15, 0.2) is 23.4 Å². The van der Waals surface area contributed by atoms with Gasteiger partial charge in [-0.3, -0.25) is 0 Å². The normalized spacial score (nSPS) is 21.8. The summed E-state index contributed by atoms with van der Waals surface area (Å²) in [7, 11) is 0. The molecule has 3 rings (SSSR count). The van der Waals surface area contributed by atoms with Crippen molar-refractivity contribution in [1.82, 2.24) is 0 Å². The zero-order valence-corrected chi connectivity index (χ0v) is 14.3. The van der Waals surface area contributed by atoms with E-state index >= 15 is 0 Å². The molecule has 1 unspecified atom stereocenters. The zero-order chi connectivity index (χ0) is 19.0. The minimum Gasteiger partial charge on any atom is -0.508 e. The number of aliphatic hydroxyl groups is 1. The average molecular weight is 381 g/mol. The van der Waals surface area contributed by atoms with Crippen molar-refractivity contribution in [3.05, 3.63) is 35.4 Å². The molecular weight excluding hydrogens is 362 g/mol. The monoisotopic (exact) mass is 381 g/mol. The lowest BCUT2D eigenvalue weighted by molar-refractivity contribution is 0.0173. The summed E-state index contributed by atoms with van der Waals surface area (Å²) in [6.45, 7) is 0.356. The van der Waals surface area contributed by atoms with Gasteiger partial charge < -0.3 is 41.1 Å². The number of ether oxygens (including phenoxy) is 1. The largest absolute Gasteiger partial charge is 0.508 e. The van der Waals surface area contributed by atoms with Crippen molar-refractivity contribution in [3.8, 4) is 34.5 Å². The van der Waals surface area contributed by atoms with Gasteiger partial charge in [-0.1, -0.05) is 0 Å². The fourth-order valence-electron chi connectivity index (χ4n) is 2.95. The van der Waals surface area contributed by atoms with Crippen LogP contribution in [0, 0.1) is 0 Å². The van der Waals surface area contributed by atoms with Crippen LogP contribution in [0.4, 0.5) is 0 Å². The van der Waals surface area contributed by atoms with Gasteiger partial charge in [0, 0.05) is 30.0 Å². The van der Waals surface area contributed by atoms with Crippen LogP contribution in [0.3, 0.4) is 0 Å². The van der Waals surface area contributed by atoms with Gasteiger partial charge in [0.25, 0.3) is 0 Å². The van der Waals surface area contributed by atoms with Crippen molar-refractivity contribution >= 4 is 11.8 Å². The molecule has 0 spiro atoms. The number of thioether (sulfide) groups is 1. The van der Waals surface area contributed by atoms with Crippen molar-refractivity contribution < 1.29 is 35.4 Å². The molecule has 26 heavy (non-hydrogen) atoms. The highest BCUT2D eigenvalue weighted by Gasteiger charge is 2.41. The Bertz CT molecular complexity index is 806. The van der Waals surface area contributed by atoms with Gasteiger partial charge in [0.2, 0.25) is 0 Å². The van der Waals surface area contributed by atoms with Crippen LogP contribution in [0.15, 0.2) is 24.3 Å². The molecule has 2 aromatic carbocycles. The van der Waals surface area contributed by atoms with E-state index in [1.165, 1.54) is 30.0 Å². The van der Waals surface area contributed by atoms with E-state index in [-0.39, 0.29) is 22.8 Å². The van der Waals surface area contributed by atoms with Crippen LogP contribution in [-0.2, 0) is 0 Å². The van der Waals surface area contributed by atoms with Crippen LogP contribution in [0.2, 0.25) is 0 Å². The van der Waals surface area contributed by atoms with Crippen molar-refractivity contribution in [2.24, 2.45) is 5.73 Å². The smallest absolute Gasteiger partial charge is 0.200 e. The molecule has 1 aliphatic rings. The number of hydrogen-bond donors (Lipinski definition) is 7. The summed E-state index contributed by atoms with van der Waals surface area (Å²) in [5, 5.41) is 59.1. The summed E-state index contributed by atoms with van der Waals surface area (Å²) in [4.78, 5) is 0. The Kier molecular flexibility index (Phi) is 4.94. The highest BCUT2D eigenvalue weighted by molar-refractivity contribution is 7.99. The summed E-state index contributed by atoms with van der Waals surface area (Å²) in [6, 6.07) is 4.80. The molecule has 0 radical (unpaired) electrons. The number of rotatable bonds is 4. The summed E-state index contributed by atoms with van der Waals surface area (Å²) in [5.74, 6) is -1.57. The minimum atomic E-state index is -1.15. The van der Waals surface area contributed by atoms with E-state index in [0.717, 1.165) is 6.07 Å². The third-order valence-corrected chi connectivity index (χ3v) is 5.44. The van der Waals surface area contributed by atoms with Crippen molar-refractivity contribution in [1.29, 1.82) is 0 Å². The van der Waals surface area contributed by atoms with E-state index in [0.29, 0.717) is 17.9 Å². The number of fused-ring (bicyclic) bond motifs is 1. The predicted octanol–water partition coefficient (Wildman–Crippen LogP) is 1.44. The van der Waals surface area contributed by atoms with Gasteiger partial charge in [0.1, 0.15) is 23.4 Å². The Morgan fingerprint density at radius 2 is 1.62 bits per heavy atom. The lowest BCUT2D eigenvalue weighted by Crippen LogP contribution is -2.33. The van der Waals surface area contributed by atoms with Gasteiger partial charge in [-0.2, -0.15) is 0 Å². The predicted molar refractivity (Wildman–Crippen MR) is 94.8 cm³/mol. The van der Waals surface area contributed by atoms with Crippen molar-refractivity contribution in [2.75, 3.05) is 12.3 Å². The Hall–Kier alpha value is -2.49. The Balaban J connectivity index is 2.08. The van der Waals surface area contributed by atoms with E-state index in [1.807, 2.05) is 0 Å². The topological polar surface area (TPSA) is 157 Å². The van der Waals surface area contributed by atoms with Crippen LogP contribution in [-0.4, -0.2) is 49.0 Å². The molecular formula is C17H19NO7S. The van der Waals surface area contributed by atoms with Gasteiger partial charge in [-0.05, 0) is 12.1 Å². The first-order chi connectivity index (χ1) is 12.3. The maximum absolute atomic E-state index is 10.8. The molecule has 1 heterocycles. The zero-order valence-electron chi connectivity index (χ0n) is 13.5. The fraction of sp³-hybridized carbons (Fsp3) is 0.294. The lowest BCUT2D eigenvalue weighted by atomic mass is 9.93. The third kappa shape index (κ3) is 3.16. The first-order valence-corrected chi connectivity index (χ1v) is 8.85. The van der Waals surface area contributed by atoms with Crippen LogP contribution in [0.1, 0.15) is 22.5 Å². The fourth-order valence-corrected chi connectivity index (χ4v) is 4.08. The Labute approximate surface area is 153 Å². The lowest BCUT2D eigenvalue weighted by Gasteiger charge is -2.37. The summed E-state index contributed by atoms with van der Waals surface area (Å²) < 4.78 is 5.73. The molecule has 2 aromatic rings. The highest BCUT2D eigenvalue weighted by atomic mass is 32.2. The van der Waals surface area contributed by atoms with Crippen molar-refractivity contribution in [2.45, 2.75) is 17.5 Å². The molecule has 3 atom stereocenters. The molecule has 8 N–H and O–H groups in total. The number of benzene rings is 2. The third-order valence-electron chi connectivity index (χ3n) is 4.10. The molecule has 8 nitrogen and oxygen atoms in total. The molecule has 0 aliphatic carbocycles. The second-order valence-corrected chi connectivity index (χ2v) is 7.14. The van der Waals surface area contributed by atoms with Crippen LogP contribution < -0.4 is 10.5 Å². The quantitative estimate of drug-likeness (QED) is 0.389. The second kappa shape index (κ2) is 7.02. The van der Waals surface area contributed by atoms with E-state index in [1.54, 1.807) is 0 Å². The minimum absolute atomic E-state index is 0.166. The Morgan fingerprint density at radius 1 is 0.962 bits per heavy atom. The van der Waals surface area contributed by atoms with Crippen LogP contribution in [0.5, 0.6) is 34.5 Å². The van der Waals surface area contributed by atoms with Crippen LogP contribution >= 0.6 is 11.8 Å². The molecule has 0 amide bonds. The summed E-state index contributed by atoms with van der Waals surface area (Å²) in [5.41, 5.74) is 6.10. The number of aromatic hydroxyl groups is 5. The first kappa shape index (κ1) is 18.3. The van der Waals surface area contributed by atoms with Gasteiger partial charge in [0.05, 0.1) is 10.8 Å². The van der Waals surface area contributed by atoms with E-state index in [9.17, 15) is 30.6 Å². The van der Waals surface area contributed by atoms with Gasteiger partial charge in [-0.25, -0.2) is 0 Å². The SMILES string of the molecule is NCCSC1c2c(O)cc(O)cc2O[C@H](c2cc(O)c(O)c(O)c2)[C@@H]1O. The molecule has 1 aliphatic heterocycles. The van der Waals surface area contributed by atoms with Gasteiger partial charge in [-0.15, -0.1) is 11.8 Å². The highest BCUT2D eigenvalue weighted by Crippen LogP contribution is 2.52. The number of nitrogens with two attached hydrogens (primary N) is 1. The van der Waals surface area contributed by atoms with Crippen LogP contribution in [0.25, 0.3) is 0 Å². The first-order valence-electron chi connectivity index (χ1n) is 7.80. The molecule has 0 saturated heterocycles. The maximum Gasteiger partial charge on any atom is 0.200 e.